The quantitative estimate of drug-likeness (QED) is 0.427. The van der Waals surface area contributed by atoms with Crippen molar-refractivity contribution >= 4 is 49.5 Å². The van der Waals surface area contributed by atoms with Crippen molar-refractivity contribution in [3.8, 4) is 5.75 Å². The molecule has 0 aliphatic carbocycles. The predicted octanol–water partition coefficient (Wildman–Crippen LogP) is 0.490. The third kappa shape index (κ3) is 7.29. The number of carbonyl (C=O) groups is 3. The summed E-state index contributed by atoms with van der Waals surface area (Å²) < 4.78 is 33.0. The van der Waals surface area contributed by atoms with Gasteiger partial charge in [-0.15, -0.1) is 11.3 Å². The van der Waals surface area contributed by atoms with Gasteiger partial charge >= 0.3 is 12.1 Å². The van der Waals surface area contributed by atoms with Crippen LogP contribution in [0.3, 0.4) is 0 Å². The number of hydrogen-bond donors (Lipinski definition) is 3. The number of benzene rings is 1. The third-order valence-corrected chi connectivity index (χ3v) is 5.38. The summed E-state index contributed by atoms with van der Waals surface area (Å²) in [6.07, 6.45) is -0.757. The van der Waals surface area contributed by atoms with E-state index in [4.69, 9.17) is 14.6 Å². The Hall–Kier alpha value is -2.77. The van der Waals surface area contributed by atoms with E-state index in [0.717, 1.165) is 11.3 Å². The van der Waals surface area contributed by atoms with E-state index >= 15 is 0 Å². The fourth-order valence-corrected chi connectivity index (χ4v) is 3.62. The molecule has 0 radical (unpaired) electrons. The molecule has 158 valence electrons. The number of aromatic nitrogens is 1. The van der Waals surface area contributed by atoms with Crippen LogP contribution in [0.25, 0.3) is 10.2 Å². The molecule has 29 heavy (non-hydrogen) atoms. The number of nitrogens with one attached hydrogen (secondary N) is 2. The predicted molar refractivity (Wildman–Crippen MR) is 104 cm³/mol. The summed E-state index contributed by atoms with van der Waals surface area (Å²) in [6.45, 7) is 4.25. The number of nitrogens with zero attached hydrogens (tertiary/aromatic N) is 1. The minimum absolute atomic E-state index is 0.147. The van der Waals surface area contributed by atoms with Crippen LogP contribution in [0.1, 0.15) is 20.8 Å². The molecule has 11 nitrogen and oxygen atoms in total. The number of primary sulfonamides is 1. The normalized spacial score (nSPS) is 11.7. The molecule has 1 heterocycles. The first-order valence-corrected chi connectivity index (χ1v) is 10.6. The van der Waals surface area contributed by atoms with Crippen LogP contribution in [-0.2, 0) is 24.3 Å². The average molecular weight is 444 g/mol. The van der Waals surface area contributed by atoms with Gasteiger partial charge in [0.25, 0.3) is 10.0 Å². The van der Waals surface area contributed by atoms with Crippen molar-refractivity contribution in [2.24, 2.45) is 5.14 Å². The van der Waals surface area contributed by atoms with Gasteiger partial charge in [-0.05, 0) is 32.9 Å². The lowest BCUT2D eigenvalue weighted by molar-refractivity contribution is -0.135. The van der Waals surface area contributed by atoms with Gasteiger partial charge in [-0.25, -0.2) is 28.1 Å². The van der Waals surface area contributed by atoms with Crippen molar-refractivity contribution < 1.29 is 32.3 Å². The molecule has 0 spiro atoms. The zero-order valence-corrected chi connectivity index (χ0v) is 17.5. The minimum Gasteiger partial charge on any atom is -0.444 e. The summed E-state index contributed by atoms with van der Waals surface area (Å²) >= 11 is 0.840. The van der Waals surface area contributed by atoms with Gasteiger partial charge in [-0.1, -0.05) is 0 Å². The van der Waals surface area contributed by atoms with Gasteiger partial charge in [-0.2, -0.15) is 0 Å². The van der Waals surface area contributed by atoms with Crippen molar-refractivity contribution in [2.45, 2.75) is 30.7 Å². The van der Waals surface area contributed by atoms with Gasteiger partial charge in [-0.3, -0.25) is 4.79 Å². The molecule has 0 atom stereocenters. The molecule has 2 aromatic rings. The van der Waals surface area contributed by atoms with Crippen LogP contribution in [0.2, 0.25) is 0 Å². The zero-order valence-electron chi connectivity index (χ0n) is 15.8. The number of thiazole rings is 1. The summed E-state index contributed by atoms with van der Waals surface area (Å²) in [5, 5.41) is 9.59. The van der Waals surface area contributed by atoms with Crippen LogP contribution < -0.4 is 20.5 Å². The molecule has 0 aliphatic rings. The second-order valence-corrected chi connectivity index (χ2v) is 9.53. The van der Waals surface area contributed by atoms with Crippen LogP contribution >= 0.6 is 11.3 Å². The van der Waals surface area contributed by atoms with Crippen molar-refractivity contribution in [3.05, 3.63) is 18.2 Å². The van der Waals surface area contributed by atoms with Crippen LogP contribution in [0.4, 0.5) is 4.79 Å². The van der Waals surface area contributed by atoms with Gasteiger partial charge < -0.3 is 20.1 Å². The average Bonchev–Trinajstić information content (AvgIpc) is 3.00. The van der Waals surface area contributed by atoms with Crippen LogP contribution in [0, 0.1) is 0 Å². The van der Waals surface area contributed by atoms with Crippen molar-refractivity contribution in [3.63, 3.8) is 0 Å². The number of alkyl carbamates (subject to hydrolysis) is 1. The van der Waals surface area contributed by atoms with E-state index in [1.807, 2.05) is 0 Å². The smallest absolute Gasteiger partial charge is 0.408 e. The molecule has 0 saturated carbocycles. The fourth-order valence-electron chi connectivity index (χ4n) is 1.94. The zero-order chi connectivity index (χ0) is 21.8. The summed E-state index contributed by atoms with van der Waals surface area (Å²) in [5.41, 5.74) is -0.307. The van der Waals surface area contributed by atoms with Crippen LogP contribution in [0.15, 0.2) is 22.5 Å². The number of esters is 1. The molecule has 1 aromatic carbocycles. The molecule has 0 fully saturated rings. The Morgan fingerprint density at radius 3 is 2.48 bits per heavy atom. The maximum atomic E-state index is 11.9. The highest BCUT2D eigenvalue weighted by Crippen LogP contribution is 2.28. The van der Waals surface area contributed by atoms with Gasteiger partial charge in [0.1, 0.15) is 24.4 Å². The van der Waals surface area contributed by atoms with E-state index < -0.39 is 40.1 Å². The molecule has 2 amide bonds. The SMILES string of the molecule is CC(C)(C)OC(=O)NCC(=O)NCC(=O)Oc1ccc2nc(S(N)(=O)=O)sc2c1. The van der Waals surface area contributed by atoms with E-state index in [1.54, 1.807) is 20.8 Å². The summed E-state index contributed by atoms with van der Waals surface area (Å²) in [7, 11) is -3.93. The molecular formula is C16H20N4O7S2. The maximum absolute atomic E-state index is 11.9. The first-order chi connectivity index (χ1) is 13.3. The lowest BCUT2D eigenvalue weighted by Gasteiger charge is -2.19. The van der Waals surface area contributed by atoms with Crippen molar-refractivity contribution in [1.82, 2.24) is 15.6 Å². The van der Waals surface area contributed by atoms with E-state index in [1.165, 1.54) is 18.2 Å². The number of carbonyl (C=O) groups excluding carboxylic acids is 3. The minimum atomic E-state index is -3.93. The summed E-state index contributed by atoms with van der Waals surface area (Å²) in [6, 6.07) is 4.34. The first-order valence-electron chi connectivity index (χ1n) is 8.21. The molecule has 0 saturated heterocycles. The maximum Gasteiger partial charge on any atom is 0.408 e. The lowest BCUT2D eigenvalue weighted by Crippen LogP contribution is -2.41. The molecule has 4 N–H and O–H groups in total. The standard InChI is InChI=1S/C16H20N4O7S2/c1-16(2,3)27-14(23)19-7-12(21)18-8-13(22)26-9-4-5-10-11(6-9)28-15(20-10)29(17,24)25/h4-6H,7-8H2,1-3H3,(H,18,21)(H,19,23)(H2,17,24,25). The molecule has 2 rings (SSSR count). The van der Waals surface area contributed by atoms with Gasteiger partial charge in [0.15, 0.2) is 0 Å². The Morgan fingerprint density at radius 2 is 1.86 bits per heavy atom. The number of nitrogens with two attached hydrogens (primary N) is 1. The van der Waals surface area contributed by atoms with Gasteiger partial charge in [0.05, 0.1) is 10.2 Å². The molecule has 0 bridgehead atoms. The molecule has 1 aromatic heterocycles. The topological polar surface area (TPSA) is 167 Å². The Bertz CT molecular complexity index is 1040. The number of amides is 2. The van der Waals surface area contributed by atoms with Crippen molar-refractivity contribution in [1.29, 1.82) is 0 Å². The van der Waals surface area contributed by atoms with E-state index in [-0.39, 0.29) is 16.6 Å². The van der Waals surface area contributed by atoms with E-state index in [2.05, 4.69) is 15.6 Å². The highest BCUT2D eigenvalue weighted by molar-refractivity contribution is 7.91. The number of fused-ring (bicyclic) bond motifs is 1. The van der Waals surface area contributed by atoms with Gasteiger partial charge in [0.2, 0.25) is 10.2 Å². The second-order valence-electron chi connectivity index (χ2n) is 6.76. The number of rotatable bonds is 6. The highest BCUT2D eigenvalue weighted by Gasteiger charge is 2.17. The molecule has 13 heteroatoms. The highest BCUT2D eigenvalue weighted by atomic mass is 32.2. The van der Waals surface area contributed by atoms with E-state index in [9.17, 15) is 22.8 Å². The van der Waals surface area contributed by atoms with Crippen LogP contribution in [0.5, 0.6) is 5.75 Å². The van der Waals surface area contributed by atoms with Crippen LogP contribution in [-0.4, -0.2) is 50.1 Å². The third-order valence-electron chi connectivity index (χ3n) is 3.04. The largest absolute Gasteiger partial charge is 0.444 e. The Balaban J connectivity index is 1.84. The molecular weight excluding hydrogens is 424 g/mol. The van der Waals surface area contributed by atoms with Crippen molar-refractivity contribution in [2.75, 3.05) is 13.1 Å². The monoisotopic (exact) mass is 444 g/mol. The Morgan fingerprint density at radius 1 is 1.17 bits per heavy atom. The first kappa shape index (κ1) is 22.5. The Labute approximate surface area is 170 Å². The lowest BCUT2D eigenvalue weighted by atomic mass is 10.2. The summed E-state index contributed by atoms with van der Waals surface area (Å²) in [4.78, 5) is 38.9. The second kappa shape index (κ2) is 8.71. The number of ether oxygens (including phenoxy) is 2. The van der Waals surface area contributed by atoms with Gasteiger partial charge in [0, 0.05) is 6.07 Å². The fraction of sp³-hybridized carbons (Fsp3) is 0.375. The molecule has 0 aliphatic heterocycles. The summed E-state index contributed by atoms with van der Waals surface area (Å²) in [5.74, 6) is -1.22. The Kier molecular flexibility index (Phi) is 6.77. The van der Waals surface area contributed by atoms with E-state index in [0.29, 0.717) is 10.2 Å². The number of sulfonamides is 1. The number of hydrogen-bond acceptors (Lipinski definition) is 9. The molecule has 0 unspecified atom stereocenters.